The van der Waals surface area contributed by atoms with Crippen molar-refractivity contribution in [3.8, 4) is 0 Å². The standard InChI is InChI=1S/C14H22N2O2/c1-11(17)7-6-10-16-13(18)14(2,15)12-8-4-3-5-9-12/h3-5,8-9,11,17H,6-7,10,15H2,1-2H3,(H,16,18). The van der Waals surface area contributed by atoms with Crippen molar-refractivity contribution in [1.29, 1.82) is 0 Å². The lowest BCUT2D eigenvalue weighted by atomic mass is 9.92. The van der Waals surface area contributed by atoms with Gasteiger partial charge in [0.25, 0.3) is 0 Å². The lowest BCUT2D eigenvalue weighted by Gasteiger charge is -2.24. The van der Waals surface area contributed by atoms with Crippen molar-refractivity contribution in [3.63, 3.8) is 0 Å². The summed E-state index contributed by atoms with van der Waals surface area (Å²) in [7, 11) is 0. The van der Waals surface area contributed by atoms with E-state index in [1.165, 1.54) is 0 Å². The van der Waals surface area contributed by atoms with Gasteiger partial charge in [-0.2, -0.15) is 0 Å². The van der Waals surface area contributed by atoms with Crippen molar-refractivity contribution in [2.75, 3.05) is 6.54 Å². The molecule has 4 heteroatoms. The molecule has 0 saturated heterocycles. The molecule has 0 aromatic heterocycles. The topological polar surface area (TPSA) is 75.3 Å². The maximum absolute atomic E-state index is 12.0. The quantitative estimate of drug-likeness (QED) is 0.663. The number of aliphatic hydroxyl groups excluding tert-OH is 1. The second kappa shape index (κ2) is 6.52. The Morgan fingerprint density at radius 2 is 2.06 bits per heavy atom. The van der Waals surface area contributed by atoms with Gasteiger partial charge < -0.3 is 16.2 Å². The SMILES string of the molecule is CC(O)CCCNC(=O)C(C)(N)c1ccccc1. The second-order valence-corrected chi connectivity index (χ2v) is 4.82. The molecule has 1 aromatic carbocycles. The third kappa shape index (κ3) is 4.13. The van der Waals surface area contributed by atoms with Crippen LogP contribution in [0.25, 0.3) is 0 Å². The fourth-order valence-corrected chi connectivity index (χ4v) is 1.70. The van der Waals surface area contributed by atoms with Crippen molar-refractivity contribution in [2.45, 2.75) is 38.3 Å². The van der Waals surface area contributed by atoms with E-state index in [0.29, 0.717) is 13.0 Å². The van der Waals surface area contributed by atoms with Crippen LogP contribution in [0.15, 0.2) is 30.3 Å². The largest absolute Gasteiger partial charge is 0.393 e. The van der Waals surface area contributed by atoms with Crippen LogP contribution in [0, 0.1) is 0 Å². The minimum Gasteiger partial charge on any atom is -0.393 e. The van der Waals surface area contributed by atoms with E-state index < -0.39 is 5.54 Å². The van der Waals surface area contributed by atoms with Gasteiger partial charge in [0.1, 0.15) is 5.54 Å². The van der Waals surface area contributed by atoms with Crippen molar-refractivity contribution < 1.29 is 9.90 Å². The number of aliphatic hydroxyl groups is 1. The third-order valence-electron chi connectivity index (χ3n) is 2.93. The molecule has 1 amide bonds. The normalized spacial score (nSPS) is 15.8. The predicted molar refractivity (Wildman–Crippen MR) is 71.9 cm³/mol. The Morgan fingerprint density at radius 1 is 1.44 bits per heavy atom. The summed E-state index contributed by atoms with van der Waals surface area (Å²) in [4.78, 5) is 12.0. The molecule has 2 atom stereocenters. The number of carbonyl (C=O) groups is 1. The van der Waals surface area contributed by atoms with Crippen LogP contribution in [-0.2, 0) is 10.3 Å². The van der Waals surface area contributed by atoms with Gasteiger partial charge in [0.15, 0.2) is 0 Å². The zero-order chi connectivity index (χ0) is 13.6. The highest BCUT2D eigenvalue weighted by Crippen LogP contribution is 2.17. The maximum atomic E-state index is 12.0. The Morgan fingerprint density at radius 3 is 2.61 bits per heavy atom. The average molecular weight is 250 g/mol. The van der Waals surface area contributed by atoms with E-state index in [4.69, 9.17) is 10.8 Å². The van der Waals surface area contributed by atoms with Crippen LogP contribution in [-0.4, -0.2) is 23.7 Å². The highest BCUT2D eigenvalue weighted by atomic mass is 16.3. The number of hydrogen-bond acceptors (Lipinski definition) is 3. The molecular formula is C14H22N2O2. The zero-order valence-corrected chi connectivity index (χ0v) is 11.0. The monoisotopic (exact) mass is 250 g/mol. The number of hydrogen-bond donors (Lipinski definition) is 3. The van der Waals surface area contributed by atoms with Crippen LogP contribution in [0.1, 0.15) is 32.3 Å². The molecule has 0 aliphatic carbocycles. The molecule has 0 heterocycles. The molecule has 2 unspecified atom stereocenters. The van der Waals surface area contributed by atoms with Gasteiger partial charge in [-0.15, -0.1) is 0 Å². The van der Waals surface area contributed by atoms with Gasteiger partial charge in [-0.3, -0.25) is 4.79 Å². The minimum absolute atomic E-state index is 0.195. The van der Waals surface area contributed by atoms with Gasteiger partial charge in [0, 0.05) is 6.54 Å². The summed E-state index contributed by atoms with van der Waals surface area (Å²) in [5.74, 6) is -0.195. The first-order chi connectivity index (χ1) is 8.44. The van der Waals surface area contributed by atoms with Gasteiger partial charge in [-0.1, -0.05) is 30.3 Å². The fraction of sp³-hybridized carbons (Fsp3) is 0.500. The molecule has 4 nitrogen and oxygen atoms in total. The van der Waals surface area contributed by atoms with E-state index in [9.17, 15) is 4.79 Å². The smallest absolute Gasteiger partial charge is 0.244 e. The minimum atomic E-state index is -1.02. The summed E-state index contributed by atoms with van der Waals surface area (Å²) in [6.45, 7) is 3.97. The Labute approximate surface area is 108 Å². The summed E-state index contributed by atoms with van der Waals surface area (Å²) in [6, 6.07) is 9.30. The van der Waals surface area contributed by atoms with E-state index >= 15 is 0 Å². The van der Waals surface area contributed by atoms with Crippen molar-refractivity contribution in [3.05, 3.63) is 35.9 Å². The van der Waals surface area contributed by atoms with Crippen molar-refractivity contribution >= 4 is 5.91 Å². The molecule has 0 spiro atoms. The maximum Gasteiger partial charge on any atom is 0.244 e. The summed E-state index contributed by atoms with van der Waals surface area (Å²) in [5, 5.41) is 11.9. The first-order valence-corrected chi connectivity index (χ1v) is 6.25. The Bertz CT molecular complexity index is 375. The van der Waals surface area contributed by atoms with Crippen molar-refractivity contribution in [2.24, 2.45) is 5.73 Å². The van der Waals surface area contributed by atoms with Crippen LogP contribution in [0.4, 0.5) is 0 Å². The summed E-state index contributed by atoms with van der Waals surface area (Å²) in [5.41, 5.74) is 5.83. The Hall–Kier alpha value is -1.39. The van der Waals surface area contributed by atoms with Crippen LogP contribution < -0.4 is 11.1 Å². The van der Waals surface area contributed by atoms with Gasteiger partial charge >= 0.3 is 0 Å². The lowest BCUT2D eigenvalue weighted by Crippen LogP contribution is -2.49. The highest BCUT2D eigenvalue weighted by Gasteiger charge is 2.29. The van der Waals surface area contributed by atoms with E-state index in [0.717, 1.165) is 12.0 Å². The summed E-state index contributed by atoms with van der Waals surface area (Å²) >= 11 is 0. The highest BCUT2D eigenvalue weighted by molar-refractivity contribution is 5.86. The molecular weight excluding hydrogens is 228 g/mol. The Balaban J connectivity index is 2.50. The lowest BCUT2D eigenvalue weighted by molar-refractivity contribution is -0.126. The van der Waals surface area contributed by atoms with E-state index in [2.05, 4.69) is 5.32 Å². The third-order valence-corrected chi connectivity index (χ3v) is 2.93. The molecule has 0 aliphatic rings. The van der Waals surface area contributed by atoms with Crippen molar-refractivity contribution in [1.82, 2.24) is 5.32 Å². The second-order valence-electron chi connectivity index (χ2n) is 4.82. The van der Waals surface area contributed by atoms with Gasteiger partial charge in [-0.05, 0) is 32.3 Å². The van der Waals surface area contributed by atoms with Gasteiger partial charge in [0.2, 0.25) is 5.91 Å². The summed E-state index contributed by atoms with van der Waals surface area (Å²) < 4.78 is 0. The summed E-state index contributed by atoms with van der Waals surface area (Å²) in [6.07, 6.45) is 1.08. The van der Waals surface area contributed by atoms with Crippen LogP contribution in [0.5, 0.6) is 0 Å². The number of nitrogens with one attached hydrogen (secondary N) is 1. The molecule has 0 fully saturated rings. The average Bonchev–Trinajstić information content (AvgIpc) is 2.35. The fourth-order valence-electron chi connectivity index (χ4n) is 1.70. The molecule has 0 radical (unpaired) electrons. The van der Waals surface area contributed by atoms with E-state index in [-0.39, 0.29) is 12.0 Å². The number of carbonyl (C=O) groups excluding carboxylic acids is 1. The number of benzene rings is 1. The zero-order valence-electron chi connectivity index (χ0n) is 11.0. The van der Waals surface area contributed by atoms with Gasteiger partial charge in [0.05, 0.1) is 6.10 Å². The molecule has 1 aromatic rings. The number of rotatable bonds is 6. The molecule has 4 N–H and O–H groups in total. The Kier molecular flexibility index (Phi) is 5.31. The van der Waals surface area contributed by atoms with Crippen LogP contribution in [0.3, 0.4) is 0 Å². The predicted octanol–water partition coefficient (Wildman–Crippen LogP) is 1.14. The first-order valence-electron chi connectivity index (χ1n) is 6.25. The molecule has 0 saturated carbocycles. The molecule has 0 bridgehead atoms. The van der Waals surface area contributed by atoms with Gasteiger partial charge in [-0.25, -0.2) is 0 Å². The molecule has 100 valence electrons. The van der Waals surface area contributed by atoms with E-state index in [1.807, 2.05) is 30.3 Å². The number of nitrogens with two attached hydrogens (primary N) is 1. The molecule has 0 aliphatic heterocycles. The molecule has 18 heavy (non-hydrogen) atoms. The van der Waals surface area contributed by atoms with Crippen LogP contribution >= 0.6 is 0 Å². The van der Waals surface area contributed by atoms with E-state index in [1.54, 1.807) is 13.8 Å². The number of amides is 1. The first kappa shape index (κ1) is 14.7. The molecule has 1 rings (SSSR count). The van der Waals surface area contributed by atoms with Crippen LogP contribution in [0.2, 0.25) is 0 Å².